The van der Waals surface area contributed by atoms with Crippen molar-refractivity contribution in [3.8, 4) is 0 Å². The number of benzene rings is 1. The maximum absolute atomic E-state index is 12.4. The van der Waals surface area contributed by atoms with Gasteiger partial charge in [0.05, 0.1) is 31.1 Å². The van der Waals surface area contributed by atoms with Crippen molar-refractivity contribution >= 4 is 17.2 Å². The Bertz CT molecular complexity index is 691. The van der Waals surface area contributed by atoms with Gasteiger partial charge in [-0.2, -0.15) is 0 Å². The van der Waals surface area contributed by atoms with Crippen LogP contribution in [0.3, 0.4) is 0 Å². The van der Waals surface area contributed by atoms with E-state index >= 15 is 0 Å². The fourth-order valence-electron chi connectivity index (χ4n) is 3.46. The van der Waals surface area contributed by atoms with E-state index in [4.69, 9.17) is 0 Å². The molecule has 1 aromatic heterocycles. The van der Waals surface area contributed by atoms with Crippen molar-refractivity contribution in [2.75, 3.05) is 32.7 Å². The van der Waals surface area contributed by atoms with Gasteiger partial charge in [0.25, 0.3) is 5.91 Å². The lowest BCUT2D eigenvalue weighted by molar-refractivity contribution is -0.907. The minimum atomic E-state index is -0.449. The molecule has 0 aliphatic carbocycles. The minimum Gasteiger partial charge on any atom is -0.382 e. The Labute approximate surface area is 160 Å². The van der Waals surface area contributed by atoms with Gasteiger partial charge in [0.15, 0.2) is 0 Å². The molecule has 2 heterocycles. The highest BCUT2D eigenvalue weighted by atomic mass is 32.1. The molecule has 0 radical (unpaired) electrons. The number of aliphatic hydroxyl groups is 1. The number of thiophene rings is 1. The van der Waals surface area contributed by atoms with Crippen LogP contribution in [0.5, 0.6) is 0 Å². The van der Waals surface area contributed by atoms with E-state index in [1.165, 1.54) is 21.8 Å². The van der Waals surface area contributed by atoms with Crippen LogP contribution in [0, 0.1) is 0 Å². The van der Waals surface area contributed by atoms with E-state index in [2.05, 4.69) is 38.1 Å². The molecule has 1 saturated heterocycles. The Hall–Kier alpha value is -1.69. The molecule has 5 heteroatoms. The van der Waals surface area contributed by atoms with Crippen LogP contribution in [0.1, 0.15) is 53.1 Å². The van der Waals surface area contributed by atoms with Crippen LogP contribution in [0.15, 0.2) is 41.8 Å². The summed E-state index contributed by atoms with van der Waals surface area (Å²) in [5, 5.41) is 12.5. The van der Waals surface area contributed by atoms with E-state index in [1.807, 2.05) is 22.4 Å². The van der Waals surface area contributed by atoms with Gasteiger partial charge in [0, 0.05) is 0 Å². The standard InChI is InChI=1S/C21H28N2O2S/c1-3-16(2)17-6-8-18(9-7-17)19(24)15-22-10-12-23(13-11-22)21(25)20-5-4-14-26-20/h4-9,14,16,19,24H,3,10-13,15H2,1-2H3/p+1/t16-,19+/m0/s1. The number of aliphatic hydroxyl groups excluding tert-OH is 1. The van der Waals surface area contributed by atoms with Crippen LogP contribution >= 0.6 is 11.3 Å². The molecule has 0 unspecified atom stereocenters. The minimum absolute atomic E-state index is 0.139. The number of hydrogen-bond acceptors (Lipinski definition) is 3. The first-order chi connectivity index (χ1) is 12.6. The fraction of sp³-hybridized carbons (Fsp3) is 0.476. The first-order valence-corrected chi connectivity index (χ1v) is 10.4. The quantitative estimate of drug-likeness (QED) is 0.816. The van der Waals surface area contributed by atoms with Crippen LogP contribution in [-0.4, -0.2) is 48.6 Å². The molecule has 1 fully saturated rings. The number of hydrogen-bond donors (Lipinski definition) is 2. The summed E-state index contributed by atoms with van der Waals surface area (Å²) in [6.07, 6.45) is 0.677. The van der Waals surface area contributed by atoms with E-state index in [-0.39, 0.29) is 5.91 Å². The Morgan fingerprint density at radius 2 is 1.85 bits per heavy atom. The van der Waals surface area contributed by atoms with Crippen molar-refractivity contribution in [1.82, 2.24) is 4.90 Å². The van der Waals surface area contributed by atoms with Crippen molar-refractivity contribution in [1.29, 1.82) is 0 Å². The lowest BCUT2D eigenvalue weighted by atomic mass is 9.96. The molecule has 1 aliphatic rings. The first kappa shape index (κ1) is 19.1. The average Bonchev–Trinajstić information content (AvgIpc) is 3.22. The highest BCUT2D eigenvalue weighted by molar-refractivity contribution is 7.12. The molecule has 140 valence electrons. The zero-order valence-corrected chi connectivity index (χ0v) is 16.5. The fourth-order valence-corrected chi connectivity index (χ4v) is 4.15. The number of amides is 1. The van der Waals surface area contributed by atoms with Crippen molar-refractivity contribution in [3.63, 3.8) is 0 Å². The number of nitrogens with zero attached hydrogens (tertiary/aromatic N) is 1. The van der Waals surface area contributed by atoms with Crippen LogP contribution < -0.4 is 4.90 Å². The van der Waals surface area contributed by atoms with Crippen molar-refractivity contribution in [2.24, 2.45) is 0 Å². The summed E-state index contributed by atoms with van der Waals surface area (Å²) in [5.74, 6) is 0.695. The second kappa shape index (κ2) is 8.80. The second-order valence-corrected chi connectivity index (χ2v) is 8.16. The molecule has 3 rings (SSSR count). The van der Waals surface area contributed by atoms with Gasteiger partial charge in [-0.05, 0) is 34.9 Å². The lowest BCUT2D eigenvalue weighted by Crippen LogP contribution is -3.15. The van der Waals surface area contributed by atoms with Gasteiger partial charge in [0.2, 0.25) is 0 Å². The van der Waals surface area contributed by atoms with Crippen molar-refractivity contribution < 1.29 is 14.8 Å². The van der Waals surface area contributed by atoms with E-state index in [1.54, 1.807) is 0 Å². The van der Waals surface area contributed by atoms with Gasteiger partial charge < -0.3 is 14.9 Å². The molecule has 2 N–H and O–H groups in total. The topological polar surface area (TPSA) is 45.0 Å². The molecule has 1 aliphatic heterocycles. The molecule has 0 spiro atoms. The van der Waals surface area contributed by atoms with E-state index in [0.717, 1.165) is 43.0 Å². The Morgan fingerprint density at radius 3 is 2.42 bits per heavy atom. The van der Waals surface area contributed by atoms with Gasteiger partial charge >= 0.3 is 0 Å². The predicted octanol–water partition coefficient (Wildman–Crippen LogP) is 2.34. The summed E-state index contributed by atoms with van der Waals surface area (Å²) in [6, 6.07) is 12.2. The van der Waals surface area contributed by atoms with E-state index < -0.39 is 6.10 Å². The largest absolute Gasteiger partial charge is 0.382 e. The maximum Gasteiger partial charge on any atom is 0.264 e. The van der Waals surface area contributed by atoms with Gasteiger partial charge in [-0.3, -0.25) is 4.79 Å². The second-order valence-electron chi connectivity index (χ2n) is 7.22. The van der Waals surface area contributed by atoms with Gasteiger partial charge in [-0.15, -0.1) is 11.3 Å². The van der Waals surface area contributed by atoms with Crippen LogP contribution in [0.2, 0.25) is 0 Å². The lowest BCUT2D eigenvalue weighted by Gasteiger charge is -2.33. The van der Waals surface area contributed by atoms with E-state index in [9.17, 15) is 9.90 Å². The molecular weight excluding hydrogens is 344 g/mol. The van der Waals surface area contributed by atoms with Crippen LogP contribution in [0.4, 0.5) is 0 Å². The summed E-state index contributed by atoms with van der Waals surface area (Å²) >= 11 is 1.50. The number of carbonyl (C=O) groups is 1. The van der Waals surface area contributed by atoms with Crippen LogP contribution in [0.25, 0.3) is 0 Å². The third kappa shape index (κ3) is 4.53. The summed E-state index contributed by atoms with van der Waals surface area (Å²) in [7, 11) is 0. The Morgan fingerprint density at radius 1 is 1.19 bits per heavy atom. The monoisotopic (exact) mass is 373 g/mol. The molecule has 1 aromatic carbocycles. The molecule has 0 saturated carbocycles. The first-order valence-electron chi connectivity index (χ1n) is 9.52. The Kier molecular flexibility index (Phi) is 6.46. The maximum atomic E-state index is 12.4. The average molecular weight is 374 g/mol. The third-order valence-electron chi connectivity index (χ3n) is 5.47. The smallest absolute Gasteiger partial charge is 0.264 e. The highest BCUT2D eigenvalue weighted by Gasteiger charge is 2.26. The SMILES string of the molecule is CC[C@H](C)c1ccc([C@H](O)C[NH+]2CCN(C(=O)c3cccs3)CC2)cc1. The van der Waals surface area contributed by atoms with Gasteiger partial charge in [0.1, 0.15) is 12.6 Å². The van der Waals surface area contributed by atoms with Crippen molar-refractivity contribution in [2.45, 2.75) is 32.3 Å². The predicted molar refractivity (Wildman–Crippen MR) is 106 cm³/mol. The van der Waals surface area contributed by atoms with Crippen LogP contribution in [-0.2, 0) is 0 Å². The molecule has 0 bridgehead atoms. The molecule has 2 aromatic rings. The number of carbonyl (C=O) groups excluding carboxylic acids is 1. The highest BCUT2D eigenvalue weighted by Crippen LogP contribution is 2.21. The van der Waals surface area contributed by atoms with Gasteiger partial charge in [-0.25, -0.2) is 0 Å². The molecule has 26 heavy (non-hydrogen) atoms. The zero-order valence-electron chi connectivity index (χ0n) is 15.6. The number of quaternary nitrogens is 1. The molecule has 4 nitrogen and oxygen atoms in total. The number of piperazine rings is 1. The third-order valence-corrected chi connectivity index (χ3v) is 6.33. The molecular formula is C21H29N2O2S+. The molecule has 1 amide bonds. The number of rotatable bonds is 6. The number of nitrogens with one attached hydrogen (secondary N) is 1. The van der Waals surface area contributed by atoms with Crippen molar-refractivity contribution in [3.05, 3.63) is 57.8 Å². The normalized spacial score (nSPS) is 17.9. The summed E-state index contributed by atoms with van der Waals surface area (Å²) in [5.41, 5.74) is 2.32. The summed E-state index contributed by atoms with van der Waals surface area (Å²) in [6.45, 7) is 8.41. The summed E-state index contributed by atoms with van der Waals surface area (Å²) < 4.78 is 0. The summed E-state index contributed by atoms with van der Waals surface area (Å²) in [4.78, 5) is 16.5. The Balaban J connectivity index is 1.50. The molecule has 2 atom stereocenters. The zero-order chi connectivity index (χ0) is 18.5. The van der Waals surface area contributed by atoms with Gasteiger partial charge in [-0.1, -0.05) is 44.2 Å². The van der Waals surface area contributed by atoms with E-state index in [0.29, 0.717) is 12.5 Å².